The Labute approximate surface area is 106 Å². The highest BCUT2D eigenvalue weighted by Crippen LogP contribution is 2.23. The second-order valence-corrected chi connectivity index (χ2v) is 6.28. The van der Waals surface area contributed by atoms with Crippen LogP contribution in [0.1, 0.15) is 39.0 Å². The summed E-state index contributed by atoms with van der Waals surface area (Å²) in [4.78, 5) is 5.34. The molecule has 3 aliphatic rings. The van der Waals surface area contributed by atoms with Gasteiger partial charge in [0, 0.05) is 37.8 Å². The van der Waals surface area contributed by atoms with Gasteiger partial charge in [-0.2, -0.15) is 0 Å². The average Bonchev–Trinajstić information content (AvgIpc) is 2.81. The van der Waals surface area contributed by atoms with Gasteiger partial charge in [0.2, 0.25) is 0 Å². The molecule has 98 valence electrons. The van der Waals surface area contributed by atoms with Crippen molar-refractivity contribution in [1.82, 2.24) is 15.1 Å². The van der Waals surface area contributed by atoms with Crippen LogP contribution in [0.15, 0.2) is 0 Å². The van der Waals surface area contributed by atoms with Crippen molar-refractivity contribution in [2.45, 2.75) is 57.2 Å². The molecule has 3 nitrogen and oxygen atoms in total. The van der Waals surface area contributed by atoms with Gasteiger partial charge >= 0.3 is 0 Å². The average molecular weight is 237 g/mol. The van der Waals surface area contributed by atoms with Crippen molar-refractivity contribution < 1.29 is 0 Å². The normalized spacial score (nSPS) is 33.4. The first-order chi connectivity index (χ1) is 8.31. The van der Waals surface area contributed by atoms with E-state index in [9.17, 15) is 0 Å². The van der Waals surface area contributed by atoms with Crippen LogP contribution in [0.25, 0.3) is 0 Å². The van der Waals surface area contributed by atoms with Crippen molar-refractivity contribution in [3.63, 3.8) is 0 Å². The van der Waals surface area contributed by atoms with Crippen molar-refractivity contribution in [3.8, 4) is 0 Å². The standard InChI is InChI=1S/C14H27N3/c1-12(10-16-7-2-3-8-16)17-9-6-14(11-17)15-13-4-5-13/h12-15H,2-11H2,1H3. The molecule has 0 aromatic carbocycles. The molecule has 2 aliphatic heterocycles. The summed E-state index contributed by atoms with van der Waals surface area (Å²) >= 11 is 0. The van der Waals surface area contributed by atoms with Crippen LogP contribution in [0.5, 0.6) is 0 Å². The van der Waals surface area contributed by atoms with E-state index in [-0.39, 0.29) is 0 Å². The lowest BCUT2D eigenvalue weighted by Gasteiger charge is -2.28. The van der Waals surface area contributed by atoms with Crippen molar-refractivity contribution in [1.29, 1.82) is 0 Å². The summed E-state index contributed by atoms with van der Waals surface area (Å²) in [7, 11) is 0. The van der Waals surface area contributed by atoms with E-state index >= 15 is 0 Å². The van der Waals surface area contributed by atoms with Crippen LogP contribution in [0.2, 0.25) is 0 Å². The Morgan fingerprint density at radius 1 is 1.06 bits per heavy atom. The maximum absolute atomic E-state index is 3.78. The highest BCUT2D eigenvalue weighted by molar-refractivity contribution is 4.91. The van der Waals surface area contributed by atoms with Crippen molar-refractivity contribution in [3.05, 3.63) is 0 Å². The zero-order valence-corrected chi connectivity index (χ0v) is 11.2. The summed E-state index contributed by atoms with van der Waals surface area (Å²) in [6.07, 6.45) is 7.03. The Kier molecular flexibility index (Phi) is 3.69. The Balaban J connectivity index is 1.41. The van der Waals surface area contributed by atoms with E-state index in [0.717, 1.165) is 18.1 Å². The Hall–Kier alpha value is -0.120. The first-order valence-corrected chi connectivity index (χ1v) is 7.54. The minimum Gasteiger partial charge on any atom is -0.310 e. The molecule has 0 radical (unpaired) electrons. The highest BCUT2D eigenvalue weighted by Gasteiger charge is 2.31. The Morgan fingerprint density at radius 3 is 2.53 bits per heavy atom. The first-order valence-electron chi connectivity index (χ1n) is 7.54. The third-order valence-electron chi connectivity index (χ3n) is 4.61. The fourth-order valence-electron chi connectivity index (χ4n) is 3.36. The SMILES string of the molecule is CC(CN1CCCC1)N1CCC(NC2CC2)C1. The van der Waals surface area contributed by atoms with Gasteiger partial charge in [-0.15, -0.1) is 0 Å². The smallest absolute Gasteiger partial charge is 0.0209 e. The highest BCUT2D eigenvalue weighted by atomic mass is 15.3. The number of hydrogen-bond donors (Lipinski definition) is 1. The minimum atomic E-state index is 0.749. The van der Waals surface area contributed by atoms with E-state index in [0.29, 0.717) is 0 Å². The van der Waals surface area contributed by atoms with E-state index in [1.807, 2.05) is 0 Å². The molecule has 1 N–H and O–H groups in total. The molecule has 3 fully saturated rings. The zero-order valence-electron chi connectivity index (χ0n) is 11.2. The van der Waals surface area contributed by atoms with Crippen molar-refractivity contribution >= 4 is 0 Å². The number of rotatable bonds is 5. The Bertz CT molecular complexity index is 246. The predicted molar refractivity (Wildman–Crippen MR) is 71.3 cm³/mol. The lowest BCUT2D eigenvalue weighted by molar-refractivity contribution is 0.188. The van der Waals surface area contributed by atoms with Gasteiger partial charge in [0.05, 0.1) is 0 Å². The van der Waals surface area contributed by atoms with E-state index in [1.54, 1.807) is 0 Å². The van der Waals surface area contributed by atoms with E-state index in [1.165, 1.54) is 64.8 Å². The third kappa shape index (κ3) is 3.21. The van der Waals surface area contributed by atoms with Gasteiger partial charge in [-0.3, -0.25) is 4.90 Å². The monoisotopic (exact) mass is 237 g/mol. The maximum Gasteiger partial charge on any atom is 0.0209 e. The zero-order chi connectivity index (χ0) is 11.7. The van der Waals surface area contributed by atoms with Crippen LogP contribution in [-0.4, -0.2) is 60.6 Å². The summed E-state index contributed by atoms with van der Waals surface area (Å²) in [5.74, 6) is 0. The van der Waals surface area contributed by atoms with Crippen LogP contribution >= 0.6 is 0 Å². The first kappa shape index (κ1) is 11.9. The number of likely N-dealkylation sites (tertiary alicyclic amines) is 2. The summed E-state index contributed by atoms with van der Waals surface area (Å²) in [5, 5.41) is 3.78. The van der Waals surface area contributed by atoms with Gasteiger partial charge < -0.3 is 10.2 Å². The summed E-state index contributed by atoms with van der Waals surface area (Å²) in [6.45, 7) is 8.96. The van der Waals surface area contributed by atoms with E-state index < -0.39 is 0 Å². The molecular weight excluding hydrogens is 210 g/mol. The second kappa shape index (κ2) is 5.25. The largest absolute Gasteiger partial charge is 0.310 e. The predicted octanol–water partition coefficient (Wildman–Crippen LogP) is 1.30. The topological polar surface area (TPSA) is 18.5 Å². The molecule has 2 heterocycles. The molecule has 0 aromatic rings. The molecule has 0 bridgehead atoms. The van der Waals surface area contributed by atoms with Crippen LogP contribution in [0.3, 0.4) is 0 Å². The fraction of sp³-hybridized carbons (Fsp3) is 1.00. The molecule has 2 atom stereocenters. The summed E-state index contributed by atoms with van der Waals surface area (Å²) < 4.78 is 0. The molecule has 3 heteroatoms. The number of nitrogens with zero attached hydrogens (tertiary/aromatic N) is 2. The second-order valence-electron chi connectivity index (χ2n) is 6.28. The molecule has 1 saturated carbocycles. The van der Waals surface area contributed by atoms with E-state index in [4.69, 9.17) is 0 Å². The quantitative estimate of drug-likeness (QED) is 0.777. The van der Waals surface area contributed by atoms with Crippen LogP contribution in [0, 0.1) is 0 Å². The number of hydrogen-bond acceptors (Lipinski definition) is 3. The Morgan fingerprint density at radius 2 is 1.82 bits per heavy atom. The molecule has 17 heavy (non-hydrogen) atoms. The molecule has 0 aromatic heterocycles. The van der Waals surface area contributed by atoms with Crippen molar-refractivity contribution in [2.24, 2.45) is 0 Å². The molecule has 3 rings (SSSR count). The summed E-state index contributed by atoms with van der Waals surface area (Å²) in [6, 6.07) is 2.40. The molecule has 0 amide bonds. The van der Waals surface area contributed by atoms with Gasteiger partial charge in [0.15, 0.2) is 0 Å². The lowest BCUT2D eigenvalue weighted by atomic mass is 10.2. The molecular formula is C14H27N3. The molecule has 1 aliphatic carbocycles. The fourth-order valence-corrected chi connectivity index (χ4v) is 3.36. The molecule has 2 unspecified atom stereocenters. The van der Waals surface area contributed by atoms with Gasteiger partial charge in [0.25, 0.3) is 0 Å². The van der Waals surface area contributed by atoms with E-state index in [2.05, 4.69) is 22.0 Å². The van der Waals surface area contributed by atoms with Crippen LogP contribution in [0.4, 0.5) is 0 Å². The lowest BCUT2D eigenvalue weighted by Crippen LogP contribution is -2.42. The van der Waals surface area contributed by atoms with Gasteiger partial charge in [-0.25, -0.2) is 0 Å². The molecule has 2 saturated heterocycles. The van der Waals surface area contributed by atoms with Gasteiger partial charge in [-0.1, -0.05) is 0 Å². The van der Waals surface area contributed by atoms with Crippen molar-refractivity contribution in [2.75, 3.05) is 32.7 Å². The third-order valence-corrected chi connectivity index (χ3v) is 4.61. The van der Waals surface area contributed by atoms with Crippen LogP contribution < -0.4 is 5.32 Å². The summed E-state index contributed by atoms with van der Waals surface area (Å²) in [5.41, 5.74) is 0. The number of nitrogens with one attached hydrogen (secondary N) is 1. The van der Waals surface area contributed by atoms with Gasteiger partial charge in [-0.05, 0) is 52.1 Å². The minimum absolute atomic E-state index is 0.749. The maximum atomic E-state index is 3.78. The molecule has 0 spiro atoms. The van der Waals surface area contributed by atoms with Gasteiger partial charge in [0.1, 0.15) is 0 Å². The van der Waals surface area contributed by atoms with Crippen LogP contribution in [-0.2, 0) is 0 Å².